The number of carboxylic acid groups (broad SMARTS) is 1. The number of hydrogen-bond donors (Lipinski definition) is 1. The van der Waals surface area contributed by atoms with Crippen molar-refractivity contribution in [3.8, 4) is 0 Å². The highest BCUT2D eigenvalue weighted by atomic mass is 19.4. The third kappa shape index (κ3) is 3.33. The van der Waals surface area contributed by atoms with Crippen LogP contribution in [-0.4, -0.2) is 22.9 Å². The summed E-state index contributed by atoms with van der Waals surface area (Å²) in [6.45, 7) is 1.52. The van der Waals surface area contributed by atoms with Gasteiger partial charge < -0.3 is 5.11 Å². The van der Waals surface area contributed by atoms with Crippen LogP contribution < -0.4 is 0 Å². The van der Waals surface area contributed by atoms with Gasteiger partial charge in [0.05, 0.1) is 5.92 Å². The fourth-order valence-electron chi connectivity index (χ4n) is 2.26. The third-order valence-electron chi connectivity index (χ3n) is 3.51. The van der Waals surface area contributed by atoms with E-state index >= 15 is 0 Å². The van der Waals surface area contributed by atoms with E-state index in [1.807, 2.05) is 0 Å². The Morgan fingerprint density at radius 2 is 1.88 bits per heavy atom. The first-order valence-electron chi connectivity index (χ1n) is 5.64. The average molecular weight is 256 g/mol. The fourth-order valence-corrected chi connectivity index (χ4v) is 2.26. The molecule has 0 aromatic carbocycles. The normalized spacial score (nSPS) is 32.2. The highest BCUT2D eigenvalue weighted by Crippen LogP contribution is 2.47. The van der Waals surface area contributed by atoms with Gasteiger partial charge in [0.25, 0.3) is 0 Å². The molecule has 1 aliphatic carbocycles. The van der Waals surface area contributed by atoms with E-state index in [4.69, 9.17) is 5.11 Å². The number of hydrogen-bond acceptors (Lipinski definition) is 1. The van der Waals surface area contributed by atoms with Gasteiger partial charge in [-0.15, -0.1) is 0 Å². The van der Waals surface area contributed by atoms with Crippen LogP contribution in [0.3, 0.4) is 0 Å². The maximum absolute atomic E-state index is 13.5. The molecule has 1 fully saturated rings. The minimum Gasteiger partial charge on any atom is -0.481 e. The molecule has 0 radical (unpaired) electrons. The van der Waals surface area contributed by atoms with Crippen LogP contribution in [0.15, 0.2) is 0 Å². The largest absolute Gasteiger partial charge is 0.481 e. The Bertz CT molecular complexity index is 280. The van der Waals surface area contributed by atoms with Gasteiger partial charge in [-0.25, -0.2) is 4.39 Å². The molecule has 0 bridgehead atoms. The maximum atomic E-state index is 13.5. The molecule has 6 heteroatoms. The summed E-state index contributed by atoms with van der Waals surface area (Å²) in [4.78, 5) is 10.6. The Morgan fingerprint density at radius 1 is 1.41 bits per heavy atom. The summed E-state index contributed by atoms with van der Waals surface area (Å²) in [6, 6.07) is 0. The quantitative estimate of drug-likeness (QED) is 0.784. The Balaban J connectivity index is 2.49. The first-order chi connectivity index (χ1) is 7.66. The molecule has 0 spiro atoms. The standard InChI is InChI=1S/C11H16F4O2/c1-7(9(16)17)6-8-2-4-10(12,5-3-8)11(13,14)15/h7-8H,2-6H2,1H3,(H,16,17). The minimum atomic E-state index is -4.81. The zero-order valence-corrected chi connectivity index (χ0v) is 9.56. The summed E-state index contributed by atoms with van der Waals surface area (Å²) in [6.07, 6.45) is -5.37. The van der Waals surface area contributed by atoms with Crippen molar-refractivity contribution in [2.75, 3.05) is 0 Å². The topological polar surface area (TPSA) is 37.3 Å². The van der Waals surface area contributed by atoms with Gasteiger partial charge in [0.1, 0.15) is 0 Å². The summed E-state index contributed by atoms with van der Waals surface area (Å²) < 4.78 is 50.6. The van der Waals surface area contributed by atoms with E-state index in [2.05, 4.69) is 0 Å². The van der Waals surface area contributed by atoms with Crippen LogP contribution >= 0.6 is 0 Å². The molecule has 0 aliphatic heterocycles. The van der Waals surface area contributed by atoms with Crippen LogP contribution in [0.4, 0.5) is 17.6 Å². The maximum Gasteiger partial charge on any atom is 0.422 e. The molecule has 1 rings (SSSR count). The summed E-state index contributed by atoms with van der Waals surface area (Å²) >= 11 is 0. The lowest BCUT2D eigenvalue weighted by atomic mass is 9.76. The Kier molecular flexibility index (Phi) is 4.04. The van der Waals surface area contributed by atoms with Gasteiger partial charge in [0.15, 0.2) is 0 Å². The molecule has 1 atom stereocenters. The predicted molar refractivity (Wildman–Crippen MR) is 53.3 cm³/mol. The van der Waals surface area contributed by atoms with Gasteiger partial charge in [-0.05, 0) is 38.0 Å². The second-order valence-corrected chi connectivity index (χ2v) is 4.88. The van der Waals surface area contributed by atoms with Gasteiger partial charge >= 0.3 is 12.1 Å². The van der Waals surface area contributed by atoms with Crippen LogP contribution in [0.2, 0.25) is 0 Å². The van der Waals surface area contributed by atoms with Gasteiger partial charge in [0, 0.05) is 0 Å². The molecule has 0 saturated heterocycles. The van der Waals surface area contributed by atoms with Crippen molar-refractivity contribution < 1.29 is 27.5 Å². The molecule has 1 N–H and O–H groups in total. The molecule has 1 aliphatic rings. The molecule has 2 nitrogen and oxygen atoms in total. The van der Waals surface area contributed by atoms with E-state index in [1.165, 1.54) is 6.92 Å². The predicted octanol–water partition coefficient (Wildman–Crippen LogP) is 3.56. The molecule has 0 amide bonds. The Hall–Kier alpha value is -0.810. The summed E-state index contributed by atoms with van der Waals surface area (Å²) in [5, 5.41) is 8.69. The van der Waals surface area contributed by atoms with Crippen LogP contribution in [0, 0.1) is 11.8 Å². The molecular weight excluding hydrogens is 240 g/mol. The lowest BCUT2D eigenvalue weighted by Gasteiger charge is -2.35. The summed E-state index contributed by atoms with van der Waals surface area (Å²) in [7, 11) is 0. The number of carbonyl (C=O) groups is 1. The lowest BCUT2D eigenvalue weighted by molar-refractivity contribution is -0.242. The third-order valence-corrected chi connectivity index (χ3v) is 3.51. The summed E-state index contributed by atoms with van der Waals surface area (Å²) in [5.41, 5.74) is -3.07. The van der Waals surface area contributed by atoms with Crippen LogP contribution in [0.25, 0.3) is 0 Å². The van der Waals surface area contributed by atoms with Gasteiger partial charge in [-0.2, -0.15) is 13.2 Å². The van der Waals surface area contributed by atoms with Crippen molar-refractivity contribution in [2.24, 2.45) is 11.8 Å². The van der Waals surface area contributed by atoms with Crippen molar-refractivity contribution >= 4 is 5.97 Å². The molecule has 1 saturated carbocycles. The van der Waals surface area contributed by atoms with Crippen molar-refractivity contribution in [3.63, 3.8) is 0 Å². The molecule has 100 valence electrons. The van der Waals surface area contributed by atoms with E-state index in [1.54, 1.807) is 0 Å². The smallest absolute Gasteiger partial charge is 0.422 e. The van der Waals surface area contributed by atoms with Crippen LogP contribution in [0.1, 0.15) is 39.0 Å². The summed E-state index contributed by atoms with van der Waals surface area (Å²) in [5.74, 6) is -1.66. The van der Waals surface area contributed by atoms with Crippen molar-refractivity contribution in [2.45, 2.75) is 50.9 Å². The number of halogens is 4. The van der Waals surface area contributed by atoms with Crippen LogP contribution in [-0.2, 0) is 4.79 Å². The monoisotopic (exact) mass is 256 g/mol. The molecule has 0 aromatic rings. The molecule has 0 aromatic heterocycles. The number of rotatable bonds is 3. The number of alkyl halides is 4. The molecule has 0 heterocycles. The van der Waals surface area contributed by atoms with E-state index in [9.17, 15) is 22.4 Å². The number of carboxylic acids is 1. The van der Waals surface area contributed by atoms with Gasteiger partial charge in [-0.3, -0.25) is 4.79 Å². The lowest BCUT2D eigenvalue weighted by Crippen LogP contribution is -2.44. The first-order valence-corrected chi connectivity index (χ1v) is 5.64. The Labute approximate surface area is 97.0 Å². The highest BCUT2D eigenvalue weighted by molar-refractivity contribution is 5.69. The fraction of sp³-hybridized carbons (Fsp3) is 0.909. The molecule has 17 heavy (non-hydrogen) atoms. The average Bonchev–Trinajstić information content (AvgIpc) is 2.19. The van der Waals surface area contributed by atoms with E-state index < -0.39 is 36.6 Å². The molecular formula is C11H16F4O2. The van der Waals surface area contributed by atoms with E-state index in [-0.39, 0.29) is 18.8 Å². The van der Waals surface area contributed by atoms with E-state index in [0.717, 1.165) is 0 Å². The molecule has 1 unspecified atom stereocenters. The number of aliphatic carboxylic acids is 1. The van der Waals surface area contributed by atoms with Crippen molar-refractivity contribution in [1.82, 2.24) is 0 Å². The zero-order valence-electron chi connectivity index (χ0n) is 9.56. The minimum absolute atomic E-state index is 0.105. The Morgan fingerprint density at radius 3 is 2.24 bits per heavy atom. The van der Waals surface area contributed by atoms with Gasteiger partial charge in [0.2, 0.25) is 5.67 Å². The first kappa shape index (κ1) is 14.3. The van der Waals surface area contributed by atoms with Crippen molar-refractivity contribution in [3.05, 3.63) is 0 Å². The second-order valence-electron chi connectivity index (χ2n) is 4.88. The highest BCUT2D eigenvalue weighted by Gasteiger charge is 2.56. The zero-order chi connectivity index (χ0) is 13.3. The van der Waals surface area contributed by atoms with E-state index in [0.29, 0.717) is 6.42 Å². The van der Waals surface area contributed by atoms with Crippen molar-refractivity contribution in [1.29, 1.82) is 0 Å². The van der Waals surface area contributed by atoms with Gasteiger partial charge in [-0.1, -0.05) is 6.92 Å². The van der Waals surface area contributed by atoms with Crippen LogP contribution in [0.5, 0.6) is 0 Å². The second kappa shape index (κ2) is 4.82. The SMILES string of the molecule is CC(CC1CCC(F)(C(F)(F)F)CC1)C(=O)O.